The maximum absolute atomic E-state index is 10.5. The van der Waals surface area contributed by atoms with Gasteiger partial charge in [0.1, 0.15) is 24.7 Å². The number of nitrogens with two attached hydrogens (primary N) is 2. The van der Waals surface area contributed by atoms with E-state index in [1.54, 1.807) is 48.5 Å². The van der Waals surface area contributed by atoms with Gasteiger partial charge in [0.15, 0.2) is 0 Å². The molecule has 3 fully saturated rings. The molecule has 3 rings (SSSR count). The first-order valence-electron chi connectivity index (χ1n) is 43.6. The molecule has 0 aromatic heterocycles. The van der Waals surface area contributed by atoms with Gasteiger partial charge in [-0.15, -0.1) is 5.54 Å². The van der Waals surface area contributed by atoms with Gasteiger partial charge in [0.2, 0.25) is 11.8 Å². The van der Waals surface area contributed by atoms with Gasteiger partial charge in [-0.25, -0.2) is 0 Å². The van der Waals surface area contributed by atoms with Crippen molar-refractivity contribution in [1.29, 1.82) is 0 Å². The molecule has 24 heteroatoms. The van der Waals surface area contributed by atoms with Gasteiger partial charge in [0.05, 0.1) is 25.4 Å². The van der Waals surface area contributed by atoms with Crippen LogP contribution in [0, 0.1) is 85.5 Å². The van der Waals surface area contributed by atoms with Gasteiger partial charge in [-0.1, -0.05) is 231 Å². The van der Waals surface area contributed by atoms with E-state index in [4.69, 9.17) is 26.7 Å². The molecule has 1 aliphatic heterocycles. The summed E-state index contributed by atoms with van der Waals surface area (Å²) in [5.74, 6) is 5.92. The molecule has 1 saturated heterocycles. The zero-order valence-corrected chi connectivity index (χ0v) is 103. The van der Waals surface area contributed by atoms with Crippen LogP contribution < -0.4 is 83.5 Å². The summed E-state index contributed by atoms with van der Waals surface area (Å²) >= 11 is 0. The molecule has 0 spiro atoms. The molecule has 120 heavy (non-hydrogen) atoms. The van der Waals surface area contributed by atoms with E-state index < -0.39 is 44.1 Å². The van der Waals surface area contributed by atoms with E-state index >= 15 is 0 Å². The third-order valence-corrected chi connectivity index (χ3v) is 34.2. The van der Waals surface area contributed by atoms with Crippen LogP contribution in [0.2, 0.25) is 76.6 Å². The molecule has 0 aromatic rings. The summed E-state index contributed by atoms with van der Waals surface area (Å²) in [7, 11) is -2.06. The average Bonchev–Trinajstić information content (AvgIpc) is 1.50. The van der Waals surface area contributed by atoms with Crippen LogP contribution in [-0.4, -0.2) is 153 Å². The van der Waals surface area contributed by atoms with Crippen molar-refractivity contribution < 1.29 is 139 Å². The van der Waals surface area contributed by atoms with Crippen LogP contribution in [0.5, 0.6) is 0 Å². The minimum Gasteiger partial charge on any atom is -0.870 e. The second-order valence-corrected chi connectivity index (χ2v) is 59.8. The van der Waals surface area contributed by atoms with Crippen LogP contribution in [0.15, 0.2) is 0 Å². The van der Waals surface area contributed by atoms with Crippen molar-refractivity contribution in [2.45, 2.75) is 506 Å². The van der Waals surface area contributed by atoms with Gasteiger partial charge in [0, 0.05) is 71.5 Å². The first kappa shape index (κ1) is 168. The molecule has 17 nitrogen and oxygen atoms in total. The molecule has 726 valence electrons. The zero-order valence-electron chi connectivity index (χ0n) is 92.8. The molecule has 2 saturated carbocycles. The standard InChI is InChI=1S/C16H34NSi.C15H31NSi.2C8H21NSi.2C7H15NO.2C5H13N.2C5H12O.2C4H8O2.C2H5.5CH3.K.H2O.2Ti/c1-10-16(6,7)17-18(8,9)15-13(4)11(2)12(3)14(15)5;1-9-15(5,6)16-13-11(3)10(2)12(4)14(13)17(16,7)8;2*1-7-8(2,3)9-10(4,5)6;2*1-5-7(3,4)8-6(2)9;4*1-4-5(2,3)6;2*1-3-4(5)6-2;1-2;;;;;;;;;/h11-15H,10H2,1-9H3;10-14H,9H2,1-8H3;2*9H,7H2,1-6H3;2*5H2,1-4H3,(H,8,9);2*4,6H2,1-3H3;2*6H,4H2,1-3H3;2*3H2,1-2H3;1H2,2H3;5*1H3;;1H2;;/q-1;;;;;;;;;;;;6*-1;+1;;2*+4/p-1. The van der Waals surface area contributed by atoms with Crippen molar-refractivity contribution in [2.75, 3.05) is 14.2 Å². The van der Waals surface area contributed by atoms with Gasteiger partial charge in [-0.2, -0.15) is 6.92 Å². The van der Waals surface area contributed by atoms with Crippen LogP contribution in [-0.2, 0) is 72.1 Å². The van der Waals surface area contributed by atoms with Crippen molar-refractivity contribution in [3.05, 3.63) is 49.0 Å². The molecule has 2 aliphatic carbocycles. The molecule has 0 aromatic carbocycles. The van der Waals surface area contributed by atoms with Crippen molar-refractivity contribution in [3.63, 3.8) is 0 Å². The van der Waals surface area contributed by atoms with E-state index in [2.05, 4.69) is 266 Å². The number of rotatable bonds is 22. The summed E-state index contributed by atoms with van der Waals surface area (Å²) in [6.07, 6.45) is 11.5. The summed E-state index contributed by atoms with van der Waals surface area (Å²) in [5, 5.41) is 23.3. The minimum atomic E-state index is -1.51. The third kappa shape index (κ3) is 91.4. The Morgan fingerprint density at radius 3 is 0.783 bits per heavy atom. The fourth-order valence-corrected chi connectivity index (χ4v) is 28.3. The molecular formula is C96H224KN8O9Si4Ti2+. The maximum atomic E-state index is 10.5. The van der Waals surface area contributed by atoms with E-state index in [1.165, 1.54) is 47.3 Å². The van der Waals surface area contributed by atoms with Crippen molar-refractivity contribution in [2.24, 2.45) is 52.9 Å². The molecule has 3 aliphatic rings. The number of ether oxygens (including phenoxy) is 2. The molecule has 11 N–H and O–H groups in total. The Kier molecular flexibility index (Phi) is 108. The van der Waals surface area contributed by atoms with E-state index in [0.29, 0.717) is 29.5 Å². The SMILES string of the molecule is CCC(=O)OC.CCC(=O)OC.CCC(C)(C)N.CCC(C)(C)N.CCC(C)(C)N1C2C(C)C(C)C(C)C2[Si]1(C)C.CCC(C)(C)NC(C)=O.CCC(C)(C)NC(C)=O.CCC(C)(C)N[Si](C)(C)C.CCC(C)(C)N[Si](C)(C)C.CCC(C)(C)O.CCC(C)(C)O.CCC(C)(C)[N-][Si](C)(C)C1C(C)C(C)C(C)C1C.[CH2-]C.[CH3-].[CH3-].[CH3-].[CH3-].[CH3-].[K+].[OH-].[Ti+4].[Ti+4]. The normalized spacial score (nSPS) is 19.4. The fraction of sp³-hybridized carbons (Fsp3) is 0.896. The number of hydrogen-bond acceptors (Lipinski definition) is 14. The molecule has 0 radical (unpaired) electrons. The van der Waals surface area contributed by atoms with Gasteiger partial charge in [-0.05, 0) is 229 Å². The number of amides is 2. The number of esters is 2. The number of aliphatic hydroxyl groups is 2. The molecule has 0 bridgehead atoms. The maximum Gasteiger partial charge on any atom is 4.00 e. The van der Waals surface area contributed by atoms with Crippen LogP contribution in [0.1, 0.15) is 368 Å². The van der Waals surface area contributed by atoms with Crippen molar-refractivity contribution in [1.82, 2.24) is 25.2 Å². The number of hydrogen-bond donors (Lipinski definition) is 8. The largest absolute Gasteiger partial charge is 4.00 e. The van der Waals surface area contributed by atoms with Crippen LogP contribution in [0.25, 0.3) is 4.98 Å². The van der Waals surface area contributed by atoms with Gasteiger partial charge >= 0.3 is 107 Å². The first-order valence-corrected chi connectivity index (χ1v) is 56.7. The van der Waals surface area contributed by atoms with E-state index in [-0.39, 0.29) is 189 Å². The minimum absolute atomic E-state index is 0. The number of fused-ring (bicyclic) bond motifs is 1. The molecule has 9 unspecified atom stereocenters. The number of methoxy groups -OCH3 is 2. The predicted molar refractivity (Wildman–Crippen MR) is 542 cm³/mol. The van der Waals surface area contributed by atoms with Gasteiger partial charge < -0.3 is 111 Å². The molecule has 9 atom stereocenters. The average molecular weight is 1880 g/mol. The number of nitrogens with zero attached hydrogens (tertiary/aromatic N) is 2. The third-order valence-electron chi connectivity index (χ3n) is 22.9. The van der Waals surface area contributed by atoms with Crippen molar-refractivity contribution in [3.8, 4) is 0 Å². The Morgan fingerprint density at radius 1 is 0.425 bits per heavy atom. The van der Waals surface area contributed by atoms with Gasteiger partial charge in [-0.3, -0.25) is 19.2 Å². The molecule has 1 heterocycles. The Morgan fingerprint density at radius 2 is 0.650 bits per heavy atom. The molecular weight excluding hydrogens is 1660 g/mol. The smallest absolute Gasteiger partial charge is 0.870 e. The summed E-state index contributed by atoms with van der Waals surface area (Å²) in [5.41, 5.74) is 13.3. The van der Waals surface area contributed by atoms with E-state index in [9.17, 15) is 19.2 Å². The van der Waals surface area contributed by atoms with Gasteiger partial charge in [0.25, 0.3) is 0 Å². The second kappa shape index (κ2) is 76.9. The number of nitrogens with one attached hydrogen (secondary N) is 4. The predicted octanol–water partition coefficient (Wildman–Crippen LogP) is 23.5. The van der Waals surface area contributed by atoms with Crippen LogP contribution in [0.4, 0.5) is 0 Å². The monoisotopic (exact) mass is 1880 g/mol. The fourth-order valence-electron chi connectivity index (χ4n) is 13.0. The second-order valence-electron chi connectivity index (χ2n) is 41.6. The summed E-state index contributed by atoms with van der Waals surface area (Å²) < 4.78 is 11.5. The Hall–Kier alpha value is 1.45. The quantitative estimate of drug-likeness (QED) is 0.0284. The van der Waals surface area contributed by atoms with E-state index in [1.807, 2.05) is 69.2 Å². The topological polar surface area (TPSA) is 275 Å². The van der Waals surface area contributed by atoms with E-state index in [0.717, 1.165) is 103 Å². The molecule has 2 amide bonds. The summed E-state index contributed by atoms with van der Waals surface area (Å²) in [6.45, 7) is 116. The van der Waals surface area contributed by atoms with Crippen LogP contribution in [0.3, 0.4) is 0 Å². The van der Waals surface area contributed by atoms with Crippen molar-refractivity contribution >= 4 is 56.7 Å². The Labute approximate surface area is 834 Å². The number of carbonyl (C=O) groups is 4. The Balaban J connectivity index is -0.0000000553. The Bertz CT molecular complexity index is 2220. The zero-order chi connectivity index (χ0) is 92.1. The first-order chi connectivity index (χ1) is 49.0. The summed E-state index contributed by atoms with van der Waals surface area (Å²) in [6, 6.07) is 0.886. The number of carbonyl (C=O) groups excluding carboxylic acids is 4. The van der Waals surface area contributed by atoms with Crippen LogP contribution >= 0.6 is 0 Å². The summed E-state index contributed by atoms with van der Waals surface area (Å²) in [4.78, 5) is 53.6.